The Morgan fingerprint density at radius 1 is 1.31 bits per heavy atom. The van der Waals surface area contributed by atoms with E-state index in [-0.39, 0.29) is 0 Å². The fraction of sp³-hybridized carbons (Fsp3) is 0.333. The second-order valence-corrected chi connectivity index (χ2v) is 4.58. The van der Waals surface area contributed by atoms with Crippen molar-refractivity contribution in [3.05, 3.63) is 46.2 Å². The third kappa shape index (κ3) is 3.12. The number of rotatable bonds is 5. The zero-order valence-corrected chi connectivity index (χ0v) is 10.1. The number of aryl methyl sites for hydroxylation is 1. The molecule has 0 aliphatic rings. The first-order valence-corrected chi connectivity index (χ1v) is 6.23. The lowest BCUT2D eigenvalue weighted by atomic mass is 10.2. The minimum Gasteiger partial charge on any atom is -0.312 e. The molecule has 2 heterocycles. The maximum absolute atomic E-state index is 4.24. The standard InChI is InChI=1S/C12H15N3S/c1-10-12(16-9-15-10)4-7-14-8-11-2-5-13-6-3-11/h2-3,5-6,9,14H,4,7-8H2,1H3. The van der Waals surface area contributed by atoms with Crippen LogP contribution in [0.15, 0.2) is 30.0 Å². The number of nitrogens with one attached hydrogen (secondary N) is 1. The van der Waals surface area contributed by atoms with Crippen LogP contribution in [0, 0.1) is 6.92 Å². The Balaban J connectivity index is 1.72. The maximum Gasteiger partial charge on any atom is 0.0797 e. The van der Waals surface area contributed by atoms with E-state index in [1.807, 2.05) is 30.0 Å². The summed E-state index contributed by atoms with van der Waals surface area (Å²) in [5.74, 6) is 0. The molecule has 0 spiro atoms. The van der Waals surface area contributed by atoms with Crippen LogP contribution in [0.25, 0.3) is 0 Å². The molecule has 0 aliphatic heterocycles. The van der Waals surface area contributed by atoms with Crippen molar-refractivity contribution in [3.63, 3.8) is 0 Å². The smallest absolute Gasteiger partial charge is 0.0797 e. The number of nitrogens with zero attached hydrogens (tertiary/aromatic N) is 2. The van der Waals surface area contributed by atoms with Crippen LogP contribution >= 0.6 is 11.3 Å². The minimum atomic E-state index is 0.903. The molecule has 0 fully saturated rings. The van der Waals surface area contributed by atoms with Gasteiger partial charge in [0.25, 0.3) is 0 Å². The quantitative estimate of drug-likeness (QED) is 0.804. The third-order valence-corrected chi connectivity index (χ3v) is 3.45. The molecule has 0 unspecified atom stereocenters. The van der Waals surface area contributed by atoms with Gasteiger partial charge in [-0.3, -0.25) is 4.98 Å². The van der Waals surface area contributed by atoms with E-state index < -0.39 is 0 Å². The van der Waals surface area contributed by atoms with Crippen molar-refractivity contribution in [2.24, 2.45) is 0 Å². The molecule has 0 amide bonds. The summed E-state index contributed by atoms with van der Waals surface area (Å²) in [6.07, 6.45) is 4.70. The van der Waals surface area contributed by atoms with Crippen LogP contribution in [-0.4, -0.2) is 16.5 Å². The molecule has 0 aliphatic carbocycles. The number of hydrogen-bond donors (Lipinski definition) is 1. The molecule has 0 saturated carbocycles. The van der Waals surface area contributed by atoms with Crippen molar-refractivity contribution in [1.82, 2.24) is 15.3 Å². The largest absolute Gasteiger partial charge is 0.312 e. The molecule has 3 nitrogen and oxygen atoms in total. The Hall–Kier alpha value is -1.26. The maximum atomic E-state index is 4.24. The van der Waals surface area contributed by atoms with Gasteiger partial charge in [0.05, 0.1) is 11.2 Å². The molecule has 0 atom stereocenters. The van der Waals surface area contributed by atoms with Crippen LogP contribution in [0.4, 0.5) is 0 Å². The van der Waals surface area contributed by atoms with Gasteiger partial charge in [-0.2, -0.15) is 0 Å². The van der Waals surface area contributed by atoms with Gasteiger partial charge in [0.15, 0.2) is 0 Å². The lowest BCUT2D eigenvalue weighted by Gasteiger charge is -2.03. The van der Waals surface area contributed by atoms with Gasteiger partial charge in [-0.25, -0.2) is 4.98 Å². The van der Waals surface area contributed by atoms with Crippen molar-refractivity contribution in [1.29, 1.82) is 0 Å². The molecule has 0 radical (unpaired) electrons. The molecule has 1 N–H and O–H groups in total. The Labute approximate surface area is 99.6 Å². The summed E-state index contributed by atoms with van der Waals surface area (Å²) in [4.78, 5) is 9.60. The van der Waals surface area contributed by atoms with E-state index in [2.05, 4.69) is 22.2 Å². The predicted molar refractivity (Wildman–Crippen MR) is 66.5 cm³/mol. The van der Waals surface area contributed by atoms with Gasteiger partial charge in [-0.1, -0.05) is 0 Å². The number of pyridine rings is 1. The molecule has 4 heteroatoms. The Bertz CT molecular complexity index is 425. The molecule has 2 rings (SSSR count). The molecule has 2 aromatic rings. The summed E-state index contributed by atoms with van der Waals surface area (Å²) in [7, 11) is 0. The molecule has 0 aromatic carbocycles. The van der Waals surface area contributed by atoms with Gasteiger partial charge in [0.1, 0.15) is 0 Å². The highest BCUT2D eigenvalue weighted by Gasteiger charge is 2.00. The van der Waals surface area contributed by atoms with Crippen LogP contribution in [-0.2, 0) is 13.0 Å². The first kappa shape index (κ1) is 11.2. The van der Waals surface area contributed by atoms with Crippen molar-refractivity contribution < 1.29 is 0 Å². The van der Waals surface area contributed by atoms with E-state index in [4.69, 9.17) is 0 Å². The van der Waals surface area contributed by atoms with Crippen molar-refractivity contribution in [2.45, 2.75) is 19.9 Å². The van der Waals surface area contributed by atoms with Gasteiger partial charge < -0.3 is 5.32 Å². The third-order valence-electron chi connectivity index (χ3n) is 2.45. The van der Waals surface area contributed by atoms with Crippen LogP contribution in [0.5, 0.6) is 0 Å². The zero-order chi connectivity index (χ0) is 11.2. The molecule has 16 heavy (non-hydrogen) atoms. The summed E-state index contributed by atoms with van der Waals surface area (Å²) in [5.41, 5.74) is 4.35. The van der Waals surface area contributed by atoms with Crippen LogP contribution in [0.2, 0.25) is 0 Å². The normalized spacial score (nSPS) is 10.6. The van der Waals surface area contributed by atoms with E-state index in [9.17, 15) is 0 Å². The van der Waals surface area contributed by atoms with E-state index >= 15 is 0 Å². The zero-order valence-electron chi connectivity index (χ0n) is 9.31. The highest BCUT2D eigenvalue weighted by Crippen LogP contribution is 2.11. The van der Waals surface area contributed by atoms with Crippen LogP contribution < -0.4 is 5.32 Å². The molecule has 84 valence electrons. The summed E-state index contributed by atoms with van der Waals surface area (Å²) in [6, 6.07) is 4.07. The summed E-state index contributed by atoms with van der Waals surface area (Å²) < 4.78 is 0. The molecule has 0 bridgehead atoms. The predicted octanol–water partition coefficient (Wildman–Crippen LogP) is 2.18. The van der Waals surface area contributed by atoms with E-state index in [0.717, 1.165) is 25.2 Å². The Morgan fingerprint density at radius 2 is 2.12 bits per heavy atom. The van der Waals surface area contributed by atoms with Crippen molar-refractivity contribution in [2.75, 3.05) is 6.54 Å². The number of hydrogen-bond acceptors (Lipinski definition) is 4. The molecule has 2 aromatic heterocycles. The Morgan fingerprint density at radius 3 is 2.81 bits per heavy atom. The topological polar surface area (TPSA) is 37.8 Å². The van der Waals surface area contributed by atoms with E-state index in [0.29, 0.717) is 0 Å². The summed E-state index contributed by atoms with van der Waals surface area (Å²) in [6.45, 7) is 3.96. The average Bonchev–Trinajstić information content (AvgIpc) is 2.72. The average molecular weight is 233 g/mol. The van der Waals surface area contributed by atoms with E-state index in [1.165, 1.54) is 10.4 Å². The second kappa shape index (κ2) is 5.72. The lowest BCUT2D eigenvalue weighted by molar-refractivity contribution is 0.688. The fourth-order valence-electron chi connectivity index (χ4n) is 1.50. The van der Waals surface area contributed by atoms with Gasteiger partial charge in [0, 0.05) is 30.4 Å². The van der Waals surface area contributed by atoms with Crippen molar-refractivity contribution in [3.8, 4) is 0 Å². The van der Waals surface area contributed by atoms with Gasteiger partial charge in [-0.15, -0.1) is 11.3 Å². The highest BCUT2D eigenvalue weighted by molar-refractivity contribution is 7.09. The fourth-order valence-corrected chi connectivity index (χ4v) is 2.28. The van der Waals surface area contributed by atoms with Gasteiger partial charge >= 0.3 is 0 Å². The SMILES string of the molecule is Cc1ncsc1CCNCc1ccncc1. The molecular formula is C12H15N3S. The highest BCUT2D eigenvalue weighted by atomic mass is 32.1. The molecule has 0 saturated heterocycles. The summed E-state index contributed by atoms with van der Waals surface area (Å²) in [5, 5.41) is 3.42. The van der Waals surface area contributed by atoms with E-state index in [1.54, 1.807) is 11.3 Å². The second-order valence-electron chi connectivity index (χ2n) is 3.64. The lowest BCUT2D eigenvalue weighted by Crippen LogP contribution is -2.16. The van der Waals surface area contributed by atoms with Crippen LogP contribution in [0.1, 0.15) is 16.1 Å². The number of thiazole rings is 1. The minimum absolute atomic E-state index is 0.903. The van der Waals surface area contributed by atoms with Gasteiger partial charge in [0.2, 0.25) is 0 Å². The first-order chi connectivity index (χ1) is 7.86. The first-order valence-electron chi connectivity index (χ1n) is 5.35. The number of aromatic nitrogens is 2. The van der Waals surface area contributed by atoms with Crippen LogP contribution in [0.3, 0.4) is 0 Å². The summed E-state index contributed by atoms with van der Waals surface area (Å²) >= 11 is 1.73. The molecular weight excluding hydrogens is 218 g/mol. The van der Waals surface area contributed by atoms with Crippen molar-refractivity contribution >= 4 is 11.3 Å². The Kier molecular flexibility index (Phi) is 4.02. The van der Waals surface area contributed by atoms with Gasteiger partial charge in [-0.05, 0) is 31.0 Å². The monoisotopic (exact) mass is 233 g/mol.